The zero-order valence-corrected chi connectivity index (χ0v) is 16.7. The molecule has 2 nitrogen and oxygen atoms in total. The van der Waals surface area contributed by atoms with Gasteiger partial charge >= 0.3 is 0 Å². The average molecular weight is 552 g/mol. The molecule has 8 heteroatoms. The van der Waals surface area contributed by atoms with Crippen molar-refractivity contribution >= 4 is 86.7 Å². The van der Waals surface area contributed by atoms with Gasteiger partial charge < -0.3 is 0 Å². The minimum Gasteiger partial charge on any atom is -0.275 e. The van der Waals surface area contributed by atoms with Crippen molar-refractivity contribution < 1.29 is 4.39 Å². The molecule has 0 aliphatic heterocycles. The molecule has 0 fully saturated rings. The van der Waals surface area contributed by atoms with E-state index in [1.807, 2.05) is 0 Å². The molecule has 0 bridgehead atoms. The molecule has 0 atom stereocenters. The maximum absolute atomic E-state index is 13.3. The standard InChI is InChI=1S/C12H6Br4ClFN2/c13-7-1-5(17)2-8(14)11(7)20(19)12-9(15)3-6(18)4-10(12)16/h1-4H,19H2. The summed E-state index contributed by atoms with van der Waals surface area (Å²) in [7, 11) is 0. The van der Waals surface area contributed by atoms with Gasteiger partial charge in [0, 0.05) is 22.9 Å². The smallest absolute Gasteiger partial charge is 0.125 e. The number of anilines is 2. The minimum atomic E-state index is -0.366. The van der Waals surface area contributed by atoms with Crippen molar-refractivity contribution in [1.82, 2.24) is 0 Å². The number of nitrogens with zero attached hydrogens (tertiary/aromatic N) is 1. The quantitative estimate of drug-likeness (QED) is 0.339. The minimum absolute atomic E-state index is 0.366. The van der Waals surface area contributed by atoms with E-state index in [4.69, 9.17) is 17.4 Å². The van der Waals surface area contributed by atoms with E-state index in [2.05, 4.69) is 63.7 Å². The molecule has 0 aliphatic carbocycles. The van der Waals surface area contributed by atoms with Gasteiger partial charge in [0.25, 0.3) is 0 Å². The average Bonchev–Trinajstić information content (AvgIpc) is 2.25. The van der Waals surface area contributed by atoms with Crippen LogP contribution in [-0.4, -0.2) is 0 Å². The topological polar surface area (TPSA) is 29.3 Å². The first-order valence-electron chi connectivity index (χ1n) is 5.15. The van der Waals surface area contributed by atoms with Crippen molar-refractivity contribution in [3.63, 3.8) is 0 Å². The second kappa shape index (κ2) is 6.62. The Bertz CT molecular complexity index is 577. The monoisotopic (exact) mass is 548 g/mol. The first kappa shape index (κ1) is 16.7. The summed E-state index contributed by atoms with van der Waals surface area (Å²) in [6.07, 6.45) is 0. The summed E-state index contributed by atoms with van der Waals surface area (Å²) in [6, 6.07) is 6.15. The van der Waals surface area contributed by atoms with Crippen molar-refractivity contribution in [3.8, 4) is 0 Å². The van der Waals surface area contributed by atoms with Crippen LogP contribution in [0, 0.1) is 5.82 Å². The lowest BCUT2D eigenvalue weighted by molar-refractivity contribution is 0.626. The van der Waals surface area contributed by atoms with Gasteiger partial charge in [0.15, 0.2) is 0 Å². The highest BCUT2D eigenvalue weighted by atomic mass is 79.9. The highest BCUT2D eigenvalue weighted by Crippen LogP contribution is 2.43. The molecule has 0 aliphatic rings. The van der Waals surface area contributed by atoms with Crippen LogP contribution in [0.3, 0.4) is 0 Å². The van der Waals surface area contributed by atoms with Crippen molar-refractivity contribution in [2.24, 2.45) is 5.84 Å². The summed E-state index contributed by atoms with van der Waals surface area (Å²) in [5, 5.41) is 2.00. The van der Waals surface area contributed by atoms with E-state index in [9.17, 15) is 4.39 Å². The van der Waals surface area contributed by atoms with E-state index in [0.717, 1.165) is 0 Å². The van der Waals surface area contributed by atoms with E-state index in [1.54, 1.807) is 12.1 Å². The highest BCUT2D eigenvalue weighted by molar-refractivity contribution is 9.11. The fourth-order valence-corrected chi connectivity index (χ4v) is 5.20. The van der Waals surface area contributed by atoms with E-state index in [-0.39, 0.29) is 5.82 Å². The van der Waals surface area contributed by atoms with Crippen LogP contribution >= 0.6 is 75.3 Å². The fourth-order valence-electron chi connectivity index (χ4n) is 1.64. The van der Waals surface area contributed by atoms with Gasteiger partial charge in [-0.15, -0.1) is 0 Å². The van der Waals surface area contributed by atoms with Crippen molar-refractivity contribution in [2.45, 2.75) is 0 Å². The Morgan fingerprint density at radius 1 is 0.850 bits per heavy atom. The summed E-state index contributed by atoms with van der Waals surface area (Å²) in [5.74, 6) is 5.80. The Labute approximate surface area is 153 Å². The molecule has 0 unspecified atom stereocenters. The Kier molecular flexibility index (Phi) is 5.53. The van der Waals surface area contributed by atoms with Gasteiger partial charge in [-0.1, -0.05) is 11.6 Å². The van der Waals surface area contributed by atoms with Crippen LogP contribution in [0.2, 0.25) is 5.02 Å². The normalized spacial score (nSPS) is 10.8. The van der Waals surface area contributed by atoms with Crippen molar-refractivity contribution in [3.05, 3.63) is 53.0 Å². The van der Waals surface area contributed by atoms with Gasteiger partial charge in [-0.2, -0.15) is 0 Å². The lowest BCUT2D eigenvalue weighted by Gasteiger charge is -2.24. The van der Waals surface area contributed by atoms with Crippen LogP contribution in [0.4, 0.5) is 15.8 Å². The highest BCUT2D eigenvalue weighted by Gasteiger charge is 2.19. The zero-order valence-electron chi connectivity index (χ0n) is 9.60. The maximum Gasteiger partial charge on any atom is 0.125 e. The van der Waals surface area contributed by atoms with Crippen molar-refractivity contribution in [1.29, 1.82) is 0 Å². The fraction of sp³-hybridized carbons (Fsp3) is 0. The first-order chi connectivity index (χ1) is 9.31. The van der Waals surface area contributed by atoms with Crippen LogP contribution in [-0.2, 0) is 0 Å². The van der Waals surface area contributed by atoms with Crippen LogP contribution in [0.5, 0.6) is 0 Å². The molecule has 0 radical (unpaired) electrons. The molecule has 2 aromatic rings. The maximum atomic E-state index is 13.3. The molecule has 20 heavy (non-hydrogen) atoms. The summed E-state index contributed by atoms with van der Waals surface area (Å²) in [6.45, 7) is 0. The molecular weight excluding hydrogens is 546 g/mol. The predicted molar refractivity (Wildman–Crippen MR) is 95.0 cm³/mol. The van der Waals surface area contributed by atoms with E-state index >= 15 is 0 Å². The lowest BCUT2D eigenvalue weighted by atomic mass is 10.2. The number of nitrogens with two attached hydrogens (primary N) is 1. The lowest BCUT2D eigenvalue weighted by Crippen LogP contribution is -2.26. The molecular formula is C12H6Br4ClFN2. The van der Waals surface area contributed by atoms with Crippen LogP contribution in [0.1, 0.15) is 0 Å². The van der Waals surface area contributed by atoms with Crippen molar-refractivity contribution in [2.75, 3.05) is 5.01 Å². The molecule has 0 spiro atoms. The second-order valence-electron chi connectivity index (χ2n) is 3.81. The Hall–Kier alpha value is 0.340. The molecule has 2 rings (SSSR count). The molecule has 0 amide bonds. The Morgan fingerprint density at radius 3 is 1.60 bits per heavy atom. The molecule has 2 N–H and O–H groups in total. The van der Waals surface area contributed by atoms with Gasteiger partial charge in [-0.05, 0) is 88.0 Å². The third-order valence-corrected chi connectivity index (χ3v) is 5.08. The predicted octanol–water partition coefficient (Wildman–Crippen LogP) is 6.54. The number of hydrogen-bond donors (Lipinski definition) is 1. The van der Waals surface area contributed by atoms with Gasteiger partial charge in [-0.3, -0.25) is 5.01 Å². The van der Waals surface area contributed by atoms with Crippen LogP contribution < -0.4 is 10.9 Å². The molecule has 0 saturated heterocycles. The largest absolute Gasteiger partial charge is 0.275 e. The number of rotatable bonds is 2. The van der Waals surface area contributed by atoms with E-state index in [1.165, 1.54) is 17.1 Å². The van der Waals surface area contributed by atoms with Gasteiger partial charge in [0.2, 0.25) is 0 Å². The summed E-state index contributed by atoms with van der Waals surface area (Å²) in [4.78, 5) is 0. The van der Waals surface area contributed by atoms with Crippen LogP contribution in [0.15, 0.2) is 42.2 Å². The molecule has 0 saturated carbocycles. The second-order valence-corrected chi connectivity index (χ2v) is 7.66. The number of benzene rings is 2. The third kappa shape index (κ3) is 3.39. The molecule has 2 aromatic carbocycles. The SMILES string of the molecule is NN(c1c(Br)cc(F)cc1Br)c1c(Br)cc(Cl)cc1Br. The van der Waals surface area contributed by atoms with Crippen LogP contribution in [0.25, 0.3) is 0 Å². The summed E-state index contributed by atoms with van der Waals surface area (Å²) >= 11 is 19.4. The molecule has 106 valence electrons. The Morgan fingerprint density at radius 2 is 1.20 bits per heavy atom. The van der Waals surface area contributed by atoms with Gasteiger partial charge in [0.1, 0.15) is 5.82 Å². The van der Waals surface area contributed by atoms with Gasteiger partial charge in [0.05, 0.1) is 11.4 Å². The van der Waals surface area contributed by atoms with Gasteiger partial charge in [-0.25, -0.2) is 10.2 Å². The third-order valence-electron chi connectivity index (χ3n) is 2.45. The number of halogens is 6. The number of hydrazine groups is 1. The molecule has 0 heterocycles. The van der Waals surface area contributed by atoms with E-state index < -0.39 is 0 Å². The summed E-state index contributed by atoms with van der Waals surface area (Å²) in [5.41, 5.74) is 1.26. The first-order valence-corrected chi connectivity index (χ1v) is 8.70. The number of hydrogen-bond acceptors (Lipinski definition) is 2. The zero-order chi connectivity index (χ0) is 15.0. The molecule has 0 aromatic heterocycles. The van der Waals surface area contributed by atoms with E-state index in [0.29, 0.717) is 34.3 Å². The summed E-state index contributed by atoms with van der Waals surface area (Å²) < 4.78 is 15.8. The Balaban J connectivity index is 2.61.